The fraction of sp³-hybridized carbons (Fsp3) is 0.0714. The third-order valence-corrected chi connectivity index (χ3v) is 2.83. The number of hydrogen-bond acceptors (Lipinski definition) is 1. The molecule has 96 valence electrons. The van der Waals surface area contributed by atoms with E-state index < -0.39 is 11.6 Å². The van der Waals surface area contributed by atoms with Crippen molar-refractivity contribution in [2.24, 2.45) is 0 Å². The molecule has 0 spiro atoms. The van der Waals surface area contributed by atoms with Crippen LogP contribution in [0, 0.1) is 17.5 Å². The van der Waals surface area contributed by atoms with Gasteiger partial charge in [0.15, 0.2) is 11.6 Å². The molecule has 0 unspecified atom stereocenters. The van der Waals surface area contributed by atoms with E-state index in [2.05, 4.69) is 9.97 Å². The fourth-order valence-electron chi connectivity index (χ4n) is 1.98. The first-order valence-corrected chi connectivity index (χ1v) is 5.70. The summed E-state index contributed by atoms with van der Waals surface area (Å²) in [5.74, 6) is -1.65. The average molecular weight is 262 g/mol. The van der Waals surface area contributed by atoms with Crippen molar-refractivity contribution in [2.45, 2.75) is 6.42 Å². The second-order valence-corrected chi connectivity index (χ2v) is 4.27. The van der Waals surface area contributed by atoms with Crippen LogP contribution in [0.15, 0.2) is 36.4 Å². The number of fused-ring (bicyclic) bond motifs is 1. The molecule has 0 bridgehead atoms. The number of benzene rings is 2. The molecule has 5 heteroatoms. The normalized spacial score (nSPS) is 11.1. The molecule has 3 aromatic rings. The van der Waals surface area contributed by atoms with Gasteiger partial charge in [-0.1, -0.05) is 12.1 Å². The van der Waals surface area contributed by atoms with Gasteiger partial charge in [-0.3, -0.25) is 0 Å². The maximum atomic E-state index is 13.1. The highest BCUT2D eigenvalue weighted by Crippen LogP contribution is 2.18. The van der Waals surface area contributed by atoms with Gasteiger partial charge in [0, 0.05) is 18.6 Å². The first kappa shape index (κ1) is 11.8. The molecular formula is C14H9F3N2. The van der Waals surface area contributed by atoms with Crippen LogP contribution in [0.1, 0.15) is 11.4 Å². The topological polar surface area (TPSA) is 28.7 Å². The van der Waals surface area contributed by atoms with E-state index in [1.807, 2.05) is 0 Å². The van der Waals surface area contributed by atoms with E-state index in [4.69, 9.17) is 0 Å². The molecule has 2 aromatic carbocycles. The first-order valence-electron chi connectivity index (χ1n) is 5.70. The lowest BCUT2D eigenvalue weighted by Crippen LogP contribution is -1.91. The van der Waals surface area contributed by atoms with E-state index in [1.165, 1.54) is 12.1 Å². The monoisotopic (exact) mass is 262 g/mol. The Morgan fingerprint density at radius 3 is 2.58 bits per heavy atom. The number of nitrogens with zero attached hydrogens (tertiary/aromatic N) is 1. The smallest absolute Gasteiger partial charge is 0.161 e. The van der Waals surface area contributed by atoms with Crippen LogP contribution in [0.2, 0.25) is 0 Å². The average Bonchev–Trinajstić information content (AvgIpc) is 2.71. The third-order valence-electron chi connectivity index (χ3n) is 2.83. The fourth-order valence-corrected chi connectivity index (χ4v) is 1.98. The van der Waals surface area contributed by atoms with Gasteiger partial charge in [0.1, 0.15) is 11.6 Å². The van der Waals surface area contributed by atoms with Crippen LogP contribution in [0.3, 0.4) is 0 Å². The van der Waals surface area contributed by atoms with Gasteiger partial charge in [0.05, 0.1) is 11.0 Å². The highest BCUT2D eigenvalue weighted by molar-refractivity contribution is 5.75. The Bertz CT molecular complexity index is 711. The standard InChI is InChI=1S/C14H9F3N2/c15-9-3-1-2-8(4-9)5-14-18-12-6-10(16)11(17)7-13(12)19-14/h1-4,6-7H,5H2,(H,18,19). The molecule has 1 heterocycles. The van der Waals surface area contributed by atoms with Crippen molar-refractivity contribution in [3.63, 3.8) is 0 Å². The van der Waals surface area contributed by atoms with Crippen molar-refractivity contribution < 1.29 is 13.2 Å². The Hall–Kier alpha value is -2.30. The summed E-state index contributed by atoms with van der Waals surface area (Å²) in [5.41, 5.74) is 1.51. The maximum Gasteiger partial charge on any atom is 0.161 e. The number of imidazole rings is 1. The molecule has 3 rings (SSSR count). The summed E-state index contributed by atoms with van der Waals surface area (Å²) in [4.78, 5) is 7.05. The van der Waals surface area contributed by atoms with E-state index >= 15 is 0 Å². The molecule has 1 aromatic heterocycles. The molecule has 0 amide bonds. The number of nitrogens with one attached hydrogen (secondary N) is 1. The summed E-state index contributed by atoms with van der Waals surface area (Å²) < 4.78 is 39.2. The highest BCUT2D eigenvalue weighted by atomic mass is 19.2. The lowest BCUT2D eigenvalue weighted by Gasteiger charge is -1.97. The Morgan fingerprint density at radius 2 is 1.79 bits per heavy atom. The van der Waals surface area contributed by atoms with Crippen molar-refractivity contribution >= 4 is 11.0 Å². The lowest BCUT2D eigenvalue weighted by atomic mass is 10.1. The van der Waals surface area contributed by atoms with Crippen LogP contribution >= 0.6 is 0 Å². The maximum absolute atomic E-state index is 13.1. The molecule has 19 heavy (non-hydrogen) atoms. The van der Waals surface area contributed by atoms with Gasteiger partial charge < -0.3 is 4.98 Å². The van der Waals surface area contributed by atoms with Crippen LogP contribution in [0.4, 0.5) is 13.2 Å². The van der Waals surface area contributed by atoms with Crippen molar-refractivity contribution in [2.75, 3.05) is 0 Å². The minimum Gasteiger partial charge on any atom is -0.342 e. The van der Waals surface area contributed by atoms with Crippen molar-refractivity contribution in [1.82, 2.24) is 9.97 Å². The largest absolute Gasteiger partial charge is 0.342 e. The summed E-state index contributed by atoms with van der Waals surface area (Å²) in [6.45, 7) is 0. The molecule has 0 aliphatic rings. The van der Waals surface area contributed by atoms with Crippen LogP contribution < -0.4 is 0 Å². The molecule has 0 radical (unpaired) electrons. The van der Waals surface area contributed by atoms with Crippen molar-refractivity contribution in [1.29, 1.82) is 0 Å². The number of H-pyrrole nitrogens is 1. The summed E-state index contributed by atoms with van der Waals surface area (Å²) in [6, 6.07) is 8.22. The van der Waals surface area contributed by atoms with Gasteiger partial charge in [-0.15, -0.1) is 0 Å². The first-order chi connectivity index (χ1) is 9.11. The van der Waals surface area contributed by atoms with Crippen LogP contribution in [-0.4, -0.2) is 9.97 Å². The Kier molecular flexibility index (Phi) is 2.74. The number of aromatic amines is 1. The molecule has 0 atom stereocenters. The van der Waals surface area contributed by atoms with Gasteiger partial charge >= 0.3 is 0 Å². The second kappa shape index (κ2) is 4.42. The molecule has 0 aliphatic carbocycles. The van der Waals surface area contributed by atoms with Crippen LogP contribution in [0.5, 0.6) is 0 Å². The number of hydrogen-bond donors (Lipinski definition) is 1. The van der Waals surface area contributed by atoms with Crippen molar-refractivity contribution in [3.8, 4) is 0 Å². The molecule has 0 saturated heterocycles. The summed E-state index contributed by atoms with van der Waals surface area (Å²) in [5, 5.41) is 0. The predicted octanol–water partition coefficient (Wildman–Crippen LogP) is 3.57. The van der Waals surface area contributed by atoms with E-state index in [0.717, 1.165) is 17.7 Å². The van der Waals surface area contributed by atoms with E-state index in [-0.39, 0.29) is 5.82 Å². The zero-order chi connectivity index (χ0) is 13.4. The highest BCUT2D eigenvalue weighted by Gasteiger charge is 2.09. The summed E-state index contributed by atoms with van der Waals surface area (Å²) in [6.07, 6.45) is 0.371. The van der Waals surface area contributed by atoms with Gasteiger partial charge in [0.2, 0.25) is 0 Å². The molecular weight excluding hydrogens is 253 g/mol. The predicted molar refractivity (Wildman–Crippen MR) is 65.2 cm³/mol. The summed E-state index contributed by atoms with van der Waals surface area (Å²) >= 11 is 0. The Labute approximate surface area is 106 Å². The van der Waals surface area contributed by atoms with E-state index in [1.54, 1.807) is 12.1 Å². The molecule has 2 nitrogen and oxygen atoms in total. The number of rotatable bonds is 2. The van der Waals surface area contributed by atoms with E-state index in [0.29, 0.717) is 23.3 Å². The third kappa shape index (κ3) is 2.31. The molecule has 0 aliphatic heterocycles. The SMILES string of the molecule is Fc1cccc(Cc2nc3cc(F)c(F)cc3[nH]2)c1. The quantitative estimate of drug-likeness (QED) is 0.751. The minimum atomic E-state index is -0.934. The molecule has 1 N–H and O–H groups in total. The van der Waals surface area contributed by atoms with Crippen LogP contribution in [-0.2, 0) is 6.42 Å². The zero-order valence-corrected chi connectivity index (χ0v) is 9.75. The van der Waals surface area contributed by atoms with Crippen molar-refractivity contribution in [3.05, 3.63) is 65.2 Å². The van der Waals surface area contributed by atoms with Gasteiger partial charge in [0.25, 0.3) is 0 Å². The Morgan fingerprint density at radius 1 is 1.00 bits per heavy atom. The van der Waals surface area contributed by atoms with Gasteiger partial charge in [-0.05, 0) is 17.7 Å². The zero-order valence-electron chi connectivity index (χ0n) is 9.75. The number of halogens is 3. The molecule has 0 fully saturated rings. The second-order valence-electron chi connectivity index (χ2n) is 4.27. The van der Waals surface area contributed by atoms with Gasteiger partial charge in [-0.25, -0.2) is 18.2 Å². The Balaban J connectivity index is 1.97. The van der Waals surface area contributed by atoms with Gasteiger partial charge in [-0.2, -0.15) is 0 Å². The number of aromatic nitrogens is 2. The lowest BCUT2D eigenvalue weighted by molar-refractivity contribution is 0.510. The van der Waals surface area contributed by atoms with E-state index in [9.17, 15) is 13.2 Å². The molecule has 0 saturated carbocycles. The minimum absolute atomic E-state index is 0.328. The summed E-state index contributed by atoms with van der Waals surface area (Å²) in [7, 11) is 0. The van der Waals surface area contributed by atoms with Crippen LogP contribution in [0.25, 0.3) is 11.0 Å².